The number of nitrogens with zero attached hydrogens (tertiary/aromatic N) is 3. The Morgan fingerprint density at radius 3 is 2.58 bits per heavy atom. The van der Waals surface area contributed by atoms with E-state index in [0.717, 1.165) is 50.8 Å². The molecule has 0 saturated heterocycles. The molecule has 1 aliphatic rings. The minimum atomic E-state index is 0.210. The number of anilines is 2. The maximum absolute atomic E-state index is 11.9. The van der Waals surface area contributed by atoms with Gasteiger partial charge in [-0.3, -0.25) is 4.79 Å². The average Bonchev–Trinajstić information content (AvgIpc) is 2.57. The molecule has 1 aromatic heterocycles. The molecule has 1 heterocycles. The van der Waals surface area contributed by atoms with Gasteiger partial charge in [-0.15, -0.1) is 0 Å². The minimum absolute atomic E-state index is 0.210. The van der Waals surface area contributed by atoms with Crippen molar-refractivity contribution in [1.29, 1.82) is 0 Å². The van der Waals surface area contributed by atoms with Crippen molar-refractivity contribution in [1.82, 2.24) is 15.3 Å². The minimum Gasteiger partial charge on any atom is -0.363 e. The van der Waals surface area contributed by atoms with Crippen LogP contribution in [0.3, 0.4) is 0 Å². The summed E-state index contributed by atoms with van der Waals surface area (Å²) in [4.78, 5) is 22.7. The van der Waals surface area contributed by atoms with E-state index in [1.807, 2.05) is 25.1 Å². The van der Waals surface area contributed by atoms with Gasteiger partial charge in [0.25, 0.3) is 0 Å². The van der Waals surface area contributed by atoms with Crippen LogP contribution in [0, 0.1) is 0 Å². The Labute approximate surface area is 145 Å². The van der Waals surface area contributed by atoms with Gasteiger partial charge in [0, 0.05) is 38.8 Å². The fraction of sp³-hybridized carbons (Fsp3) is 0.722. The fourth-order valence-corrected chi connectivity index (χ4v) is 3.07. The number of amides is 1. The third kappa shape index (κ3) is 5.98. The number of hydrogen-bond acceptors (Lipinski definition) is 5. The molecule has 0 unspecified atom stereocenters. The lowest BCUT2D eigenvalue weighted by Gasteiger charge is -2.29. The first-order valence-electron chi connectivity index (χ1n) is 9.14. The molecule has 1 aromatic rings. The van der Waals surface area contributed by atoms with Gasteiger partial charge in [0.2, 0.25) is 11.9 Å². The summed E-state index contributed by atoms with van der Waals surface area (Å²) in [6.07, 6.45) is 9.85. The summed E-state index contributed by atoms with van der Waals surface area (Å²) in [5.41, 5.74) is 0. The van der Waals surface area contributed by atoms with E-state index in [4.69, 9.17) is 0 Å². The zero-order chi connectivity index (χ0) is 17.4. The van der Waals surface area contributed by atoms with Crippen LogP contribution in [0.5, 0.6) is 0 Å². The Hall–Kier alpha value is -1.85. The molecule has 0 aliphatic heterocycles. The van der Waals surface area contributed by atoms with Gasteiger partial charge in [-0.05, 0) is 38.2 Å². The zero-order valence-corrected chi connectivity index (χ0v) is 15.2. The highest BCUT2D eigenvalue weighted by atomic mass is 16.1. The van der Waals surface area contributed by atoms with Crippen molar-refractivity contribution >= 4 is 17.7 Å². The van der Waals surface area contributed by atoms with Gasteiger partial charge in [-0.2, -0.15) is 4.98 Å². The Bertz CT molecular complexity index is 512. The first-order chi connectivity index (χ1) is 11.6. The van der Waals surface area contributed by atoms with E-state index in [-0.39, 0.29) is 5.91 Å². The molecule has 0 atom stereocenters. The predicted molar refractivity (Wildman–Crippen MR) is 98.3 cm³/mol. The van der Waals surface area contributed by atoms with Crippen LogP contribution in [0.25, 0.3) is 0 Å². The van der Waals surface area contributed by atoms with Gasteiger partial charge >= 0.3 is 0 Å². The summed E-state index contributed by atoms with van der Waals surface area (Å²) in [5.74, 6) is 1.80. The molecule has 6 heteroatoms. The van der Waals surface area contributed by atoms with E-state index < -0.39 is 0 Å². The summed E-state index contributed by atoms with van der Waals surface area (Å²) in [6.45, 7) is 2.16. The molecule has 1 aliphatic carbocycles. The molecule has 0 spiro atoms. The molecular formula is C18H31N5O. The molecule has 24 heavy (non-hydrogen) atoms. The van der Waals surface area contributed by atoms with Crippen LogP contribution >= 0.6 is 0 Å². The van der Waals surface area contributed by atoms with Gasteiger partial charge in [0.05, 0.1) is 0 Å². The van der Waals surface area contributed by atoms with Gasteiger partial charge in [-0.25, -0.2) is 4.98 Å². The fourth-order valence-electron chi connectivity index (χ4n) is 3.07. The normalized spacial score (nSPS) is 20.5. The van der Waals surface area contributed by atoms with Crippen molar-refractivity contribution in [3.05, 3.63) is 12.3 Å². The highest BCUT2D eigenvalue weighted by molar-refractivity contribution is 5.76. The second-order valence-electron chi connectivity index (χ2n) is 6.85. The molecule has 6 nitrogen and oxygen atoms in total. The highest BCUT2D eigenvalue weighted by Gasteiger charge is 2.22. The monoisotopic (exact) mass is 333 g/mol. The van der Waals surface area contributed by atoms with Crippen LogP contribution in [0.1, 0.15) is 58.3 Å². The van der Waals surface area contributed by atoms with Crippen LogP contribution in [-0.2, 0) is 4.79 Å². The molecule has 0 radical (unpaired) electrons. The third-order valence-electron chi connectivity index (χ3n) is 4.53. The van der Waals surface area contributed by atoms with Crippen LogP contribution in [0.15, 0.2) is 12.3 Å². The molecule has 1 fully saturated rings. The predicted octanol–water partition coefficient (Wildman–Crippen LogP) is 2.96. The molecule has 2 rings (SSSR count). The summed E-state index contributed by atoms with van der Waals surface area (Å²) >= 11 is 0. The lowest BCUT2D eigenvalue weighted by molar-refractivity contribution is -0.122. The quantitative estimate of drug-likeness (QED) is 0.716. The smallest absolute Gasteiger partial charge is 0.224 e. The Morgan fingerprint density at radius 1 is 1.21 bits per heavy atom. The Kier molecular flexibility index (Phi) is 7.28. The number of aromatic nitrogens is 2. The van der Waals surface area contributed by atoms with Crippen molar-refractivity contribution in [2.24, 2.45) is 0 Å². The number of hydrogen-bond donors (Lipinski definition) is 2. The summed E-state index contributed by atoms with van der Waals surface area (Å²) in [6, 6.07) is 2.61. The summed E-state index contributed by atoms with van der Waals surface area (Å²) < 4.78 is 0. The van der Waals surface area contributed by atoms with Crippen molar-refractivity contribution in [2.45, 2.75) is 70.4 Å². The maximum Gasteiger partial charge on any atom is 0.224 e. The van der Waals surface area contributed by atoms with Crippen molar-refractivity contribution < 1.29 is 4.79 Å². The molecular weight excluding hydrogens is 302 g/mol. The summed E-state index contributed by atoms with van der Waals surface area (Å²) in [7, 11) is 3.95. The average molecular weight is 333 g/mol. The summed E-state index contributed by atoms with van der Waals surface area (Å²) in [5, 5.41) is 6.61. The molecule has 1 amide bonds. The maximum atomic E-state index is 11.9. The number of nitrogens with one attached hydrogen (secondary N) is 2. The highest BCUT2D eigenvalue weighted by Crippen LogP contribution is 2.22. The lowest BCUT2D eigenvalue weighted by atomic mass is 9.91. The molecule has 1 saturated carbocycles. The zero-order valence-electron chi connectivity index (χ0n) is 15.2. The van der Waals surface area contributed by atoms with Crippen LogP contribution in [-0.4, -0.2) is 42.1 Å². The van der Waals surface area contributed by atoms with Crippen LogP contribution < -0.4 is 15.5 Å². The van der Waals surface area contributed by atoms with E-state index >= 15 is 0 Å². The number of unbranched alkanes of at least 4 members (excludes halogenated alkanes) is 2. The number of rotatable bonds is 8. The van der Waals surface area contributed by atoms with E-state index in [9.17, 15) is 4.79 Å². The number of carbonyl (C=O) groups is 1. The second-order valence-corrected chi connectivity index (χ2v) is 6.85. The van der Waals surface area contributed by atoms with E-state index in [0.29, 0.717) is 24.5 Å². The standard InChI is InChI=1S/C18H31N5O/c1-4-5-6-7-17(24)20-14-8-10-15(11-9-14)21-18-19-13-12-16(22-18)23(2)3/h12-15H,4-11H2,1-3H3,(H,20,24)(H,19,21,22)/t14-,15+. The molecule has 0 bridgehead atoms. The Morgan fingerprint density at radius 2 is 1.92 bits per heavy atom. The SMILES string of the molecule is CCCCCC(=O)N[C@H]1CC[C@@H](Nc2nccc(N(C)C)n2)CC1. The molecule has 134 valence electrons. The van der Waals surface area contributed by atoms with Gasteiger partial charge in [0.15, 0.2) is 0 Å². The van der Waals surface area contributed by atoms with E-state index in [2.05, 4.69) is 27.5 Å². The first-order valence-corrected chi connectivity index (χ1v) is 9.14. The third-order valence-corrected chi connectivity index (χ3v) is 4.53. The van der Waals surface area contributed by atoms with Gasteiger partial charge < -0.3 is 15.5 Å². The number of carbonyl (C=O) groups excluding carboxylic acids is 1. The van der Waals surface area contributed by atoms with Crippen LogP contribution in [0.2, 0.25) is 0 Å². The molecule has 2 N–H and O–H groups in total. The Balaban J connectivity index is 1.73. The van der Waals surface area contributed by atoms with Crippen molar-refractivity contribution in [3.8, 4) is 0 Å². The largest absolute Gasteiger partial charge is 0.363 e. The van der Waals surface area contributed by atoms with Crippen molar-refractivity contribution in [2.75, 3.05) is 24.3 Å². The van der Waals surface area contributed by atoms with Crippen molar-refractivity contribution in [3.63, 3.8) is 0 Å². The topological polar surface area (TPSA) is 70.2 Å². The second kappa shape index (κ2) is 9.45. The lowest BCUT2D eigenvalue weighted by Crippen LogP contribution is -2.40. The van der Waals surface area contributed by atoms with E-state index in [1.165, 1.54) is 0 Å². The van der Waals surface area contributed by atoms with Gasteiger partial charge in [-0.1, -0.05) is 19.8 Å². The first kappa shape index (κ1) is 18.5. The van der Waals surface area contributed by atoms with E-state index in [1.54, 1.807) is 6.20 Å². The molecule has 0 aromatic carbocycles. The van der Waals surface area contributed by atoms with Crippen LogP contribution in [0.4, 0.5) is 11.8 Å². The van der Waals surface area contributed by atoms with Gasteiger partial charge in [0.1, 0.15) is 5.82 Å².